The molecule has 25 heavy (non-hydrogen) atoms. The molecule has 3 aromatic rings. The second-order valence-electron chi connectivity index (χ2n) is 6.34. The third-order valence-electron chi connectivity index (χ3n) is 4.14. The van der Waals surface area contributed by atoms with Crippen LogP contribution < -0.4 is 5.32 Å². The summed E-state index contributed by atoms with van der Waals surface area (Å²) >= 11 is 0. The molecule has 0 bridgehead atoms. The zero-order chi connectivity index (χ0) is 17.9. The van der Waals surface area contributed by atoms with Gasteiger partial charge in [0.15, 0.2) is 0 Å². The zero-order valence-corrected chi connectivity index (χ0v) is 14.2. The normalized spacial score (nSPS) is 14.9. The molecule has 0 spiro atoms. The first-order valence-electron chi connectivity index (χ1n) is 8.14. The summed E-state index contributed by atoms with van der Waals surface area (Å²) in [6.45, 7) is 3.80. The summed E-state index contributed by atoms with van der Waals surface area (Å²) in [7, 11) is 0. The summed E-state index contributed by atoms with van der Waals surface area (Å²) < 4.78 is 18.8. The molecule has 0 saturated heterocycles. The predicted molar refractivity (Wildman–Crippen MR) is 93.5 cm³/mol. The second-order valence-corrected chi connectivity index (χ2v) is 6.34. The number of hydrogen-bond donors (Lipinski definition) is 2. The molecule has 0 unspecified atom stereocenters. The number of rotatable bonds is 6. The summed E-state index contributed by atoms with van der Waals surface area (Å²) in [5.74, 6) is 0.964. The standard InChI is InChI=1S/C20H21FN2O2/c1-14-5-10-18(25-14)20(2,24)13-23-19(16-4-3-11-22-12-16)15-6-8-17(21)9-7-15/h3-12,19,23-24H,13H2,1-2H3/t19-,20+/m1/s1. The SMILES string of the molecule is Cc1ccc([C@@](C)(O)CN[C@H](c2ccc(F)cc2)c2cccnc2)o1. The molecule has 3 rings (SSSR count). The predicted octanol–water partition coefficient (Wildman–Crippen LogP) is 3.71. The lowest BCUT2D eigenvalue weighted by atomic mass is 9.97. The van der Waals surface area contributed by atoms with E-state index in [1.807, 2.05) is 25.1 Å². The van der Waals surface area contributed by atoms with Crippen molar-refractivity contribution in [1.29, 1.82) is 0 Å². The minimum atomic E-state index is -1.17. The molecule has 2 heterocycles. The number of benzene rings is 1. The lowest BCUT2D eigenvalue weighted by Crippen LogP contribution is -2.37. The molecule has 0 radical (unpaired) electrons. The monoisotopic (exact) mass is 340 g/mol. The molecule has 4 nitrogen and oxygen atoms in total. The third-order valence-corrected chi connectivity index (χ3v) is 4.14. The number of aliphatic hydroxyl groups is 1. The van der Waals surface area contributed by atoms with Gasteiger partial charge >= 0.3 is 0 Å². The Morgan fingerprint density at radius 2 is 1.92 bits per heavy atom. The van der Waals surface area contributed by atoms with Gasteiger partial charge in [-0.3, -0.25) is 4.98 Å². The van der Waals surface area contributed by atoms with Crippen LogP contribution in [0.2, 0.25) is 0 Å². The molecule has 0 aliphatic carbocycles. The molecule has 0 fully saturated rings. The fraction of sp³-hybridized carbons (Fsp3) is 0.250. The van der Waals surface area contributed by atoms with Crippen molar-refractivity contribution >= 4 is 0 Å². The highest BCUT2D eigenvalue weighted by molar-refractivity contribution is 5.30. The van der Waals surface area contributed by atoms with Gasteiger partial charge in [0.05, 0.1) is 6.04 Å². The summed E-state index contributed by atoms with van der Waals surface area (Å²) in [5.41, 5.74) is 0.649. The van der Waals surface area contributed by atoms with Crippen LogP contribution in [0.5, 0.6) is 0 Å². The number of halogens is 1. The zero-order valence-electron chi connectivity index (χ0n) is 14.2. The summed E-state index contributed by atoms with van der Waals surface area (Å²) in [5, 5.41) is 14.1. The Kier molecular flexibility index (Phi) is 4.97. The van der Waals surface area contributed by atoms with Gasteiger partial charge in [0, 0.05) is 18.9 Å². The molecule has 1 aromatic carbocycles. The van der Waals surface area contributed by atoms with E-state index in [0.717, 1.165) is 16.9 Å². The number of hydrogen-bond acceptors (Lipinski definition) is 4. The van der Waals surface area contributed by atoms with Crippen molar-refractivity contribution in [1.82, 2.24) is 10.3 Å². The molecule has 0 aliphatic heterocycles. The van der Waals surface area contributed by atoms with E-state index in [-0.39, 0.29) is 18.4 Å². The van der Waals surface area contributed by atoms with Crippen molar-refractivity contribution < 1.29 is 13.9 Å². The van der Waals surface area contributed by atoms with Crippen LogP contribution in [0.4, 0.5) is 4.39 Å². The van der Waals surface area contributed by atoms with Crippen LogP contribution in [0.15, 0.2) is 65.3 Å². The maximum Gasteiger partial charge on any atom is 0.136 e. The minimum Gasteiger partial charge on any atom is -0.463 e. The molecule has 0 amide bonds. The fourth-order valence-electron chi connectivity index (χ4n) is 2.74. The Morgan fingerprint density at radius 3 is 2.52 bits per heavy atom. The third kappa shape index (κ3) is 4.13. The van der Waals surface area contributed by atoms with Crippen LogP contribution in [0.3, 0.4) is 0 Å². The Balaban J connectivity index is 1.84. The average molecular weight is 340 g/mol. The Bertz CT molecular complexity index is 813. The van der Waals surface area contributed by atoms with Crippen LogP contribution in [0.25, 0.3) is 0 Å². The van der Waals surface area contributed by atoms with E-state index in [9.17, 15) is 9.50 Å². The van der Waals surface area contributed by atoms with Gasteiger partial charge in [0.2, 0.25) is 0 Å². The topological polar surface area (TPSA) is 58.3 Å². The minimum absolute atomic E-state index is 0.225. The maximum absolute atomic E-state index is 13.3. The summed E-state index contributed by atoms with van der Waals surface area (Å²) in [4.78, 5) is 4.16. The number of furan rings is 1. The molecule has 2 atom stereocenters. The van der Waals surface area contributed by atoms with Crippen molar-refractivity contribution in [3.63, 3.8) is 0 Å². The van der Waals surface area contributed by atoms with E-state index >= 15 is 0 Å². The average Bonchev–Trinajstić information content (AvgIpc) is 3.05. The van der Waals surface area contributed by atoms with Crippen molar-refractivity contribution in [2.75, 3.05) is 6.54 Å². The Morgan fingerprint density at radius 1 is 1.16 bits per heavy atom. The molecule has 130 valence electrons. The van der Waals surface area contributed by atoms with E-state index in [2.05, 4.69) is 10.3 Å². The number of nitrogens with zero attached hydrogens (tertiary/aromatic N) is 1. The Hall–Kier alpha value is -2.50. The molecule has 0 saturated carbocycles. The maximum atomic E-state index is 13.3. The van der Waals surface area contributed by atoms with E-state index in [0.29, 0.717) is 5.76 Å². The number of pyridine rings is 1. The molecule has 0 aliphatic rings. The number of aromatic nitrogens is 1. The highest BCUT2D eigenvalue weighted by Crippen LogP contribution is 2.26. The lowest BCUT2D eigenvalue weighted by molar-refractivity contribution is 0.0318. The second kappa shape index (κ2) is 7.17. The van der Waals surface area contributed by atoms with Crippen molar-refractivity contribution in [3.05, 3.63) is 89.4 Å². The van der Waals surface area contributed by atoms with Crippen molar-refractivity contribution in [2.24, 2.45) is 0 Å². The van der Waals surface area contributed by atoms with Crippen LogP contribution in [-0.4, -0.2) is 16.6 Å². The van der Waals surface area contributed by atoms with Gasteiger partial charge in [0.25, 0.3) is 0 Å². The van der Waals surface area contributed by atoms with E-state index in [1.54, 1.807) is 37.5 Å². The fourth-order valence-corrected chi connectivity index (χ4v) is 2.74. The Labute approximate surface area is 146 Å². The van der Waals surface area contributed by atoms with Crippen LogP contribution >= 0.6 is 0 Å². The quantitative estimate of drug-likeness (QED) is 0.718. The van der Waals surface area contributed by atoms with Gasteiger partial charge in [-0.1, -0.05) is 18.2 Å². The molecular formula is C20H21FN2O2. The highest BCUT2D eigenvalue weighted by atomic mass is 19.1. The first-order chi connectivity index (χ1) is 12.0. The van der Waals surface area contributed by atoms with Crippen LogP contribution in [0, 0.1) is 12.7 Å². The van der Waals surface area contributed by atoms with Gasteiger partial charge in [-0.05, 0) is 55.3 Å². The number of aryl methyl sites for hydroxylation is 1. The summed E-state index contributed by atoms with van der Waals surface area (Å²) in [6.07, 6.45) is 3.46. The van der Waals surface area contributed by atoms with Crippen molar-refractivity contribution in [3.8, 4) is 0 Å². The van der Waals surface area contributed by atoms with Crippen LogP contribution in [0.1, 0.15) is 35.6 Å². The van der Waals surface area contributed by atoms with Crippen molar-refractivity contribution in [2.45, 2.75) is 25.5 Å². The van der Waals surface area contributed by atoms with Gasteiger partial charge in [-0.2, -0.15) is 0 Å². The lowest BCUT2D eigenvalue weighted by Gasteiger charge is -2.26. The van der Waals surface area contributed by atoms with Gasteiger partial charge in [-0.15, -0.1) is 0 Å². The summed E-state index contributed by atoms with van der Waals surface area (Å²) in [6, 6.07) is 13.5. The van der Waals surface area contributed by atoms with Crippen LogP contribution in [-0.2, 0) is 5.60 Å². The smallest absolute Gasteiger partial charge is 0.136 e. The van der Waals surface area contributed by atoms with Gasteiger partial charge in [-0.25, -0.2) is 4.39 Å². The largest absolute Gasteiger partial charge is 0.463 e. The molecule has 5 heteroatoms. The first kappa shape index (κ1) is 17.3. The number of nitrogens with one attached hydrogen (secondary N) is 1. The molecule has 2 N–H and O–H groups in total. The first-order valence-corrected chi connectivity index (χ1v) is 8.14. The van der Waals surface area contributed by atoms with E-state index in [1.165, 1.54) is 12.1 Å². The van der Waals surface area contributed by atoms with E-state index < -0.39 is 5.60 Å². The molecular weight excluding hydrogens is 319 g/mol. The highest BCUT2D eigenvalue weighted by Gasteiger charge is 2.28. The van der Waals surface area contributed by atoms with Gasteiger partial charge < -0.3 is 14.8 Å². The van der Waals surface area contributed by atoms with E-state index in [4.69, 9.17) is 4.42 Å². The molecule has 2 aromatic heterocycles. The van der Waals surface area contributed by atoms with Gasteiger partial charge in [0.1, 0.15) is 22.9 Å².